The number of hydrogen-bond donors (Lipinski definition) is 0. The van der Waals surface area contributed by atoms with Crippen LogP contribution < -0.4 is 0 Å². The minimum Gasteiger partial charge on any atom is -0.465 e. The highest BCUT2D eigenvalue weighted by molar-refractivity contribution is 7.55. The molecule has 0 rings (SSSR count). The number of allylic oxidation sites excluding steroid dienone is 5. The standard InChI is InChI=1S/C27H50NO5P/c1-9-31-27(29)26(34(30,32-10-2)33-11-3)19-14-21-28(8)22-20-25(7)18-13-17-24(6)16-12-15-23(4)5/h15,17,20,26H,9-14,16,18-19,21-22H2,1-8H3/b24-17+,25-20+. The van der Waals surface area contributed by atoms with E-state index in [-0.39, 0.29) is 19.8 Å². The van der Waals surface area contributed by atoms with E-state index >= 15 is 0 Å². The Balaban J connectivity index is 4.65. The van der Waals surface area contributed by atoms with Crippen molar-refractivity contribution < 1.29 is 23.1 Å². The molecule has 0 spiro atoms. The quantitative estimate of drug-likeness (QED) is 0.105. The lowest BCUT2D eigenvalue weighted by Crippen LogP contribution is -2.28. The number of hydrogen-bond acceptors (Lipinski definition) is 6. The summed E-state index contributed by atoms with van der Waals surface area (Å²) in [6.45, 7) is 16.2. The van der Waals surface area contributed by atoms with Gasteiger partial charge in [-0.3, -0.25) is 9.36 Å². The molecule has 0 bridgehead atoms. The zero-order valence-corrected chi connectivity index (χ0v) is 23.9. The van der Waals surface area contributed by atoms with Crippen LogP contribution in [-0.4, -0.2) is 56.5 Å². The Morgan fingerprint density at radius 1 is 0.882 bits per heavy atom. The van der Waals surface area contributed by atoms with E-state index in [4.69, 9.17) is 13.8 Å². The third-order valence-corrected chi connectivity index (χ3v) is 7.92. The summed E-state index contributed by atoms with van der Waals surface area (Å²) >= 11 is 0. The summed E-state index contributed by atoms with van der Waals surface area (Å²) in [6, 6.07) is 0. The predicted molar refractivity (Wildman–Crippen MR) is 143 cm³/mol. The van der Waals surface area contributed by atoms with Gasteiger partial charge in [-0.2, -0.15) is 0 Å². The highest BCUT2D eigenvalue weighted by atomic mass is 31.2. The minimum absolute atomic E-state index is 0.224. The fraction of sp³-hybridized carbons (Fsp3) is 0.741. The molecule has 1 atom stereocenters. The lowest BCUT2D eigenvalue weighted by molar-refractivity contribution is -0.143. The number of esters is 1. The molecule has 0 amide bonds. The van der Waals surface area contributed by atoms with Crippen molar-refractivity contribution in [1.29, 1.82) is 0 Å². The van der Waals surface area contributed by atoms with Gasteiger partial charge in [0.05, 0.1) is 19.8 Å². The molecule has 0 heterocycles. The van der Waals surface area contributed by atoms with E-state index < -0.39 is 19.2 Å². The fourth-order valence-electron chi connectivity index (χ4n) is 3.52. The van der Waals surface area contributed by atoms with E-state index in [1.165, 1.54) is 16.7 Å². The van der Waals surface area contributed by atoms with Crippen LogP contribution in [0.25, 0.3) is 0 Å². The maximum atomic E-state index is 13.2. The zero-order chi connectivity index (χ0) is 26.0. The van der Waals surface area contributed by atoms with Crippen LogP contribution in [0.5, 0.6) is 0 Å². The highest BCUT2D eigenvalue weighted by Gasteiger charge is 2.41. The zero-order valence-electron chi connectivity index (χ0n) is 23.0. The van der Waals surface area contributed by atoms with Crippen molar-refractivity contribution in [2.24, 2.45) is 0 Å². The maximum Gasteiger partial charge on any atom is 0.344 e. The molecule has 0 aromatic heterocycles. The molecule has 7 heteroatoms. The molecule has 34 heavy (non-hydrogen) atoms. The minimum atomic E-state index is -3.55. The second-order valence-electron chi connectivity index (χ2n) is 9.01. The molecule has 0 aliphatic carbocycles. The average Bonchev–Trinajstić information content (AvgIpc) is 2.75. The van der Waals surface area contributed by atoms with E-state index in [1.807, 2.05) is 0 Å². The summed E-state index contributed by atoms with van der Waals surface area (Å²) in [5.74, 6) is -0.504. The summed E-state index contributed by atoms with van der Waals surface area (Å²) in [5.41, 5.74) is 3.33. The molecule has 6 nitrogen and oxygen atoms in total. The first-order valence-electron chi connectivity index (χ1n) is 12.8. The average molecular weight is 500 g/mol. The largest absolute Gasteiger partial charge is 0.465 e. The van der Waals surface area contributed by atoms with Crippen LogP contribution in [0, 0.1) is 0 Å². The molecule has 0 aliphatic rings. The summed E-state index contributed by atoms with van der Waals surface area (Å²) < 4.78 is 29.2. The van der Waals surface area contributed by atoms with Crippen LogP contribution in [0.1, 0.15) is 87.0 Å². The second kappa shape index (κ2) is 19.0. The van der Waals surface area contributed by atoms with E-state index in [0.717, 1.165) is 38.8 Å². The molecule has 198 valence electrons. The third-order valence-electron chi connectivity index (χ3n) is 5.45. The Kier molecular flexibility index (Phi) is 18.4. The Morgan fingerprint density at radius 3 is 1.97 bits per heavy atom. The number of rotatable bonds is 19. The molecule has 0 saturated carbocycles. The van der Waals surface area contributed by atoms with Crippen molar-refractivity contribution in [1.82, 2.24) is 4.90 Å². The molecule has 0 fully saturated rings. The third kappa shape index (κ3) is 14.9. The monoisotopic (exact) mass is 499 g/mol. The van der Waals surface area contributed by atoms with Gasteiger partial charge in [0.25, 0.3) is 0 Å². The van der Waals surface area contributed by atoms with Crippen molar-refractivity contribution in [2.75, 3.05) is 40.0 Å². The van der Waals surface area contributed by atoms with Crippen molar-refractivity contribution in [2.45, 2.75) is 92.7 Å². The van der Waals surface area contributed by atoms with Gasteiger partial charge in [0.15, 0.2) is 5.66 Å². The molecule has 0 saturated heterocycles. The molecule has 0 radical (unpaired) electrons. The molecular weight excluding hydrogens is 449 g/mol. The fourth-order valence-corrected chi connectivity index (χ4v) is 5.50. The summed E-state index contributed by atoms with van der Waals surface area (Å²) in [7, 11) is -1.50. The second-order valence-corrected chi connectivity index (χ2v) is 11.2. The Morgan fingerprint density at radius 2 is 1.44 bits per heavy atom. The van der Waals surface area contributed by atoms with Crippen LogP contribution in [0.15, 0.2) is 34.9 Å². The number of carbonyl (C=O) groups is 1. The molecule has 1 unspecified atom stereocenters. The molecule has 0 aromatic rings. The van der Waals surface area contributed by atoms with Crippen molar-refractivity contribution in [3.8, 4) is 0 Å². The Hall–Kier alpha value is -1.20. The van der Waals surface area contributed by atoms with Gasteiger partial charge in [0, 0.05) is 6.54 Å². The van der Waals surface area contributed by atoms with Gasteiger partial charge in [-0.05, 0) is 101 Å². The van der Waals surface area contributed by atoms with E-state index in [2.05, 4.69) is 57.9 Å². The SMILES string of the molecule is CCOC(=O)C(CCCN(C)C/C=C(\C)CC/C=C(\C)CCC=C(C)C)P(=O)(OCC)OCC. The van der Waals surface area contributed by atoms with Gasteiger partial charge < -0.3 is 18.7 Å². The topological polar surface area (TPSA) is 65.1 Å². The van der Waals surface area contributed by atoms with E-state index in [1.54, 1.807) is 20.8 Å². The van der Waals surface area contributed by atoms with Gasteiger partial charge in [-0.25, -0.2) is 0 Å². The van der Waals surface area contributed by atoms with Gasteiger partial charge in [0.2, 0.25) is 0 Å². The Labute approximate surface area is 209 Å². The first kappa shape index (κ1) is 32.8. The van der Waals surface area contributed by atoms with Crippen molar-refractivity contribution >= 4 is 13.6 Å². The summed E-state index contributed by atoms with van der Waals surface area (Å²) in [5, 5.41) is 0. The first-order valence-corrected chi connectivity index (χ1v) is 14.4. The normalized spacial score (nSPS) is 13.8. The summed E-state index contributed by atoms with van der Waals surface area (Å²) in [4.78, 5) is 14.7. The predicted octanol–water partition coefficient (Wildman–Crippen LogP) is 7.32. The summed E-state index contributed by atoms with van der Waals surface area (Å²) in [6.07, 6.45) is 12.4. The molecular formula is C27H50NO5P. The molecule has 0 aliphatic heterocycles. The number of nitrogens with zero attached hydrogens (tertiary/aromatic N) is 1. The van der Waals surface area contributed by atoms with Gasteiger partial charge in [-0.15, -0.1) is 0 Å². The van der Waals surface area contributed by atoms with Crippen LogP contribution >= 0.6 is 7.60 Å². The van der Waals surface area contributed by atoms with Gasteiger partial charge in [0.1, 0.15) is 0 Å². The smallest absolute Gasteiger partial charge is 0.344 e. The first-order chi connectivity index (χ1) is 16.1. The highest BCUT2D eigenvalue weighted by Crippen LogP contribution is 2.55. The van der Waals surface area contributed by atoms with Crippen LogP contribution in [0.2, 0.25) is 0 Å². The molecule has 0 N–H and O–H groups in total. The van der Waals surface area contributed by atoms with E-state index in [0.29, 0.717) is 12.8 Å². The van der Waals surface area contributed by atoms with Crippen LogP contribution in [0.4, 0.5) is 0 Å². The van der Waals surface area contributed by atoms with Crippen molar-refractivity contribution in [3.63, 3.8) is 0 Å². The van der Waals surface area contributed by atoms with Gasteiger partial charge >= 0.3 is 13.6 Å². The van der Waals surface area contributed by atoms with Gasteiger partial charge in [-0.1, -0.05) is 34.9 Å². The van der Waals surface area contributed by atoms with Crippen LogP contribution in [0.3, 0.4) is 0 Å². The number of ether oxygens (including phenoxy) is 1. The lowest BCUT2D eigenvalue weighted by atomic mass is 10.1. The maximum absolute atomic E-state index is 13.2. The number of likely N-dealkylation sites (N-methyl/N-ethyl adjacent to an activating group) is 1. The lowest BCUT2D eigenvalue weighted by Gasteiger charge is -2.25. The van der Waals surface area contributed by atoms with E-state index in [9.17, 15) is 9.36 Å². The molecule has 0 aromatic carbocycles. The van der Waals surface area contributed by atoms with Crippen molar-refractivity contribution in [3.05, 3.63) is 34.9 Å². The Bertz CT molecular complexity index is 700. The number of carbonyl (C=O) groups excluding carboxylic acids is 1. The van der Waals surface area contributed by atoms with Crippen LogP contribution in [-0.2, 0) is 23.1 Å².